The van der Waals surface area contributed by atoms with Gasteiger partial charge in [-0.2, -0.15) is 0 Å². The fourth-order valence-electron chi connectivity index (χ4n) is 3.96. The molecule has 0 unspecified atom stereocenters. The van der Waals surface area contributed by atoms with E-state index in [4.69, 9.17) is 5.73 Å². The Kier molecular flexibility index (Phi) is 7.47. The third-order valence-electron chi connectivity index (χ3n) is 6.00. The number of fused-ring (bicyclic) bond motifs is 1. The van der Waals surface area contributed by atoms with Crippen molar-refractivity contribution in [2.75, 3.05) is 52.6 Å². The molecule has 1 fully saturated rings. The van der Waals surface area contributed by atoms with Crippen molar-refractivity contribution in [1.29, 1.82) is 0 Å². The lowest BCUT2D eigenvalue weighted by Crippen LogP contribution is -2.41. The first-order chi connectivity index (χ1) is 16.0. The molecule has 0 radical (unpaired) electrons. The molecule has 3 aromatic rings. The Balaban J connectivity index is 1.70. The van der Waals surface area contributed by atoms with Crippen molar-refractivity contribution in [2.45, 2.75) is 24.7 Å². The third kappa shape index (κ3) is 5.46. The number of rotatable bonds is 7. The zero-order chi connectivity index (χ0) is 23.4. The molecule has 174 valence electrons. The summed E-state index contributed by atoms with van der Waals surface area (Å²) < 4.78 is 2.42. The van der Waals surface area contributed by atoms with Crippen LogP contribution in [0.5, 0.6) is 0 Å². The minimum Gasteiger partial charge on any atom is -0.368 e. The molecule has 0 aliphatic carbocycles. The average Bonchev–Trinajstić information content (AvgIpc) is 2.83. The predicted molar refractivity (Wildman–Crippen MR) is 136 cm³/mol. The number of nitrogens with two attached hydrogens (primary N) is 1. The first kappa shape index (κ1) is 23.5. The molecule has 33 heavy (non-hydrogen) atoms. The summed E-state index contributed by atoms with van der Waals surface area (Å²) in [5.74, 6) is -0.00619. The van der Waals surface area contributed by atoms with Crippen LogP contribution in [0.15, 0.2) is 47.4 Å². The number of unbranched alkanes of at least 4 members (excludes halogenated alkanes) is 1. The standard InChI is InChI=1S/C25H32N6OS/c1-4-5-12-30(3)24(32)23-20-17-18(10-11-21(20)27-25(26)28-23)19-8-6-7-9-22(19)33-31-15-13-29(2)14-16-31/h6-11,17H,4-5,12-16H2,1-3H3,(H2,26,27,28). The molecule has 8 heteroatoms. The van der Waals surface area contributed by atoms with Gasteiger partial charge in [0, 0.05) is 50.1 Å². The van der Waals surface area contributed by atoms with Gasteiger partial charge in [0.2, 0.25) is 5.95 Å². The summed E-state index contributed by atoms with van der Waals surface area (Å²) in [6.07, 6.45) is 1.97. The number of amides is 1. The van der Waals surface area contributed by atoms with Gasteiger partial charge in [0.05, 0.1) is 5.52 Å². The Morgan fingerprint density at radius 3 is 2.64 bits per heavy atom. The Morgan fingerprint density at radius 1 is 1.12 bits per heavy atom. The molecule has 1 saturated heterocycles. The van der Waals surface area contributed by atoms with Crippen LogP contribution in [-0.4, -0.2) is 76.8 Å². The number of carbonyl (C=O) groups is 1. The smallest absolute Gasteiger partial charge is 0.273 e. The number of carbonyl (C=O) groups excluding carboxylic acids is 1. The van der Waals surface area contributed by atoms with Gasteiger partial charge in [-0.1, -0.05) is 37.6 Å². The molecule has 4 rings (SSSR count). The number of likely N-dealkylation sites (N-methyl/N-ethyl adjacent to an activating group) is 1. The van der Waals surface area contributed by atoms with E-state index in [1.54, 1.807) is 16.8 Å². The van der Waals surface area contributed by atoms with Crippen molar-refractivity contribution >= 4 is 34.7 Å². The van der Waals surface area contributed by atoms with E-state index >= 15 is 0 Å². The first-order valence-corrected chi connectivity index (χ1v) is 12.3. The zero-order valence-corrected chi connectivity index (χ0v) is 20.4. The molecule has 1 aromatic heterocycles. The van der Waals surface area contributed by atoms with Crippen LogP contribution in [0.25, 0.3) is 22.0 Å². The van der Waals surface area contributed by atoms with Gasteiger partial charge in [-0.05, 0) is 54.7 Å². The number of hydrogen-bond donors (Lipinski definition) is 1. The normalized spacial score (nSPS) is 15.1. The van der Waals surface area contributed by atoms with Crippen molar-refractivity contribution in [2.24, 2.45) is 0 Å². The Hall–Kier alpha value is -2.68. The van der Waals surface area contributed by atoms with Crippen LogP contribution < -0.4 is 5.73 Å². The van der Waals surface area contributed by atoms with Gasteiger partial charge in [-0.25, -0.2) is 14.3 Å². The second-order valence-corrected chi connectivity index (χ2v) is 9.70. The topological polar surface area (TPSA) is 78.6 Å². The van der Waals surface area contributed by atoms with E-state index in [2.05, 4.69) is 57.4 Å². The Morgan fingerprint density at radius 2 is 1.88 bits per heavy atom. The quantitative estimate of drug-likeness (QED) is 0.529. The number of benzene rings is 2. The van der Waals surface area contributed by atoms with Gasteiger partial charge >= 0.3 is 0 Å². The van der Waals surface area contributed by atoms with E-state index in [9.17, 15) is 4.79 Å². The van der Waals surface area contributed by atoms with Crippen molar-refractivity contribution < 1.29 is 4.79 Å². The highest BCUT2D eigenvalue weighted by molar-refractivity contribution is 7.97. The van der Waals surface area contributed by atoms with Crippen molar-refractivity contribution in [3.8, 4) is 11.1 Å². The third-order valence-corrected chi connectivity index (χ3v) is 7.17. The fourth-order valence-corrected chi connectivity index (χ4v) is 5.01. The lowest BCUT2D eigenvalue weighted by atomic mass is 10.0. The maximum Gasteiger partial charge on any atom is 0.273 e. The summed E-state index contributed by atoms with van der Waals surface area (Å²) in [4.78, 5) is 27.2. The van der Waals surface area contributed by atoms with Crippen LogP contribution in [0, 0.1) is 0 Å². The highest BCUT2D eigenvalue weighted by Crippen LogP contribution is 2.35. The maximum atomic E-state index is 13.2. The number of nitrogen functional groups attached to an aromatic ring is 1. The predicted octanol–water partition coefficient (Wildman–Crippen LogP) is 4.01. The van der Waals surface area contributed by atoms with Crippen LogP contribution in [0.3, 0.4) is 0 Å². The maximum absolute atomic E-state index is 13.2. The second kappa shape index (κ2) is 10.5. The first-order valence-electron chi connectivity index (χ1n) is 11.5. The summed E-state index contributed by atoms with van der Waals surface area (Å²) in [5.41, 5.74) is 9.17. The van der Waals surface area contributed by atoms with Crippen LogP contribution in [-0.2, 0) is 0 Å². The van der Waals surface area contributed by atoms with E-state index in [0.717, 1.165) is 55.5 Å². The molecular weight excluding hydrogens is 432 g/mol. The fraction of sp³-hybridized carbons (Fsp3) is 0.400. The van der Waals surface area contributed by atoms with Gasteiger partial charge in [0.25, 0.3) is 5.91 Å². The van der Waals surface area contributed by atoms with E-state index in [0.29, 0.717) is 17.8 Å². The SMILES string of the molecule is CCCCN(C)C(=O)c1nc(N)nc2ccc(-c3ccccc3SN3CCN(C)CC3)cc12. The van der Waals surface area contributed by atoms with E-state index in [-0.39, 0.29) is 11.9 Å². The average molecular weight is 465 g/mol. The number of hydrogen-bond acceptors (Lipinski definition) is 7. The molecule has 1 aliphatic rings. The minimum atomic E-state index is -0.125. The monoisotopic (exact) mass is 464 g/mol. The van der Waals surface area contributed by atoms with E-state index in [1.807, 2.05) is 25.2 Å². The summed E-state index contributed by atoms with van der Waals surface area (Å²) >= 11 is 1.80. The van der Waals surface area contributed by atoms with Gasteiger partial charge < -0.3 is 15.5 Å². The summed E-state index contributed by atoms with van der Waals surface area (Å²) in [6, 6.07) is 14.4. The van der Waals surface area contributed by atoms with Crippen molar-refractivity contribution in [3.05, 3.63) is 48.2 Å². The van der Waals surface area contributed by atoms with E-state index in [1.165, 1.54) is 4.90 Å². The molecule has 0 spiro atoms. The summed E-state index contributed by atoms with van der Waals surface area (Å²) in [5, 5.41) is 0.731. The molecule has 1 amide bonds. The summed E-state index contributed by atoms with van der Waals surface area (Å²) in [6.45, 7) is 7.00. The lowest BCUT2D eigenvalue weighted by Gasteiger charge is -2.31. The Labute approximate surface area is 200 Å². The van der Waals surface area contributed by atoms with Crippen LogP contribution in [0.4, 0.5) is 5.95 Å². The molecule has 2 aromatic carbocycles. The van der Waals surface area contributed by atoms with Crippen molar-refractivity contribution in [3.63, 3.8) is 0 Å². The molecule has 0 atom stereocenters. The lowest BCUT2D eigenvalue weighted by molar-refractivity contribution is 0.0789. The largest absolute Gasteiger partial charge is 0.368 e. The highest BCUT2D eigenvalue weighted by atomic mass is 32.2. The molecule has 2 heterocycles. The van der Waals surface area contributed by atoms with Crippen LogP contribution in [0.1, 0.15) is 30.3 Å². The van der Waals surface area contributed by atoms with Gasteiger partial charge in [0.1, 0.15) is 5.69 Å². The molecule has 0 bridgehead atoms. The molecule has 0 saturated carbocycles. The molecule has 2 N–H and O–H groups in total. The number of anilines is 1. The molecular formula is C25H32N6OS. The zero-order valence-electron chi connectivity index (χ0n) is 19.6. The number of aromatic nitrogens is 2. The van der Waals surface area contributed by atoms with E-state index < -0.39 is 0 Å². The van der Waals surface area contributed by atoms with Gasteiger partial charge in [-0.15, -0.1) is 0 Å². The van der Waals surface area contributed by atoms with Gasteiger partial charge in [0.15, 0.2) is 0 Å². The molecule has 1 aliphatic heterocycles. The highest BCUT2D eigenvalue weighted by Gasteiger charge is 2.20. The van der Waals surface area contributed by atoms with Gasteiger partial charge in [-0.3, -0.25) is 4.79 Å². The second-order valence-electron chi connectivity index (χ2n) is 8.56. The number of nitrogens with zero attached hydrogens (tertiary/aromatic N) is 5. The van der Waals surface area contributed by atoms with Crippen molar-refractivity contribution in [1.82, 2.24) is 24.1 Å². The Bertz CT molecular complexity index is 1130. The minimum absolute atomic E-state index is 0.119. The summed E-state index contributed by atoms with van der Waals surface area (Å²) in [7, 11) is 3.98. The molecule has 7 nitrogen and oxygen atoms in total. The van der Waals surface area contributed by atoms with Crippen LogP contribution >= 0.6 is 11.9 Å². The van der Waals surface area contributed by atoms with Crippen LogP contribution in [0.2, 0.25) is 0 Å². The number of piperazine rings is 1.